The SMILES string of the molecule is CCn1c(N2CCN(C(=O)Nc3ccccc3)CC2)nc2ccccc21. The van der Waals surface area contributed by atoms with E-state index in [0.717, 1.165) is 42.3 Å². The molecule has 2 aromatic carbocycles. The molecule has 0 unspecified atom stereocenters. The Morgan fingerprint density at radius 3 is 2.42 bits per heavy atom. The van der Waals surface area contributed by atoms with Gasteiger partial charge in [0.05, 0.1) is 11.0 Å². The lowest BCUT2D eigenvalue weighted by molar-refractivity contribution is 0.208. The molecule has 134 valence electrons. The first-order valence-corrected chi connectivity index (χ1v) is 9.07. The first-order chi connectivity index (χ1) is 12.8. The van der Waals surface area contributed by atoms with Crippen molar-refractivity contribution in [1.29, 1.82) is 0 Å². The van der Waals surface area contributed by atoms with Crippen molar-refractivity contribution < 1.29 is 4.79 Å². The summed E-state index contributed by atoms with van der Waals surface area (Å²) >= 11 is 0. The number of anilines is 2. The number of imidazole rings is 1. The van der Waals surface area contributed by atoms with Crippen LogP contribution in [0.5, 0.6) is 0 Å². The summed E-state index contributed by atoms with van der Waals surface area (Å²) in [6.07, 6.45) is 0. The molecule has 26 heavy (non-hydrogen) atoms. The number of nitrogens with zero attached hydrogens (tertiary/aromatic N) is 4. The Morgan fingerprint density at radius 1 is 1.00 bits per heavy atom. The fraction of sp³-hybridized carbons (Fsp3) is 0.300. The van der Waals surface area contributed by atoms with Gasteiger partial charge in [-0.2, -0.15) is 0 Å². The second kappa shape index (κ2) is 7.07. The summed E-state index contributed by atoms with van der Waals surface area (Å²) in [6, 6.07) is 17.8. The maximum absolute atomic E-state index is 12.5. The molecule has 2 amide bonds. The Kier molecular flexibility index (Phi) is 4.48. The van der Waals surface area contributed by atoms with E-state index in [9.17, 15) is 4.79 Å². The van der Waals surface area contributed by atoms with Crippen LogP contribution in [-0.2, 0) is 6.54 Å². The quantitative estimate of drug-likeness (QED) is 0.788. The molecule has 1 N–H and O–H groups in total. The van der Waals surface area contributed by atoms with Crippen LogP contribution >= 0.6 is 0 Å². The maximum atomic E-state index is 12.5. The van der Waals surface area contributed by atoms with Gasteiger partial charge in [0, 0.05) is 38.4 Å². The molecule has 6 heteroatoms. The van der Waals surface area contributed by atoms with E-state index in [1.165, 1.54) is 0 Å². The van der Waals surface area contributed by atoms with Gasteiger partial charge in [-0.1, -0.05) is 30.3 Å². The van der Waals surface area contributed by atoms with E-state index in [1.54, 1.807) is 0 Å². The second-order valence-corrected chi connectivity index (χ2v) is 6.42. The largest absolute Gasteiger partial charge is 0.339 e. The third kappa shape index (κ3) is 3.10. The molecule has 0 atom stereocenters. The molecular formula is C20H23N5O. The molecule has 4 rings (SSSR count). The molecule has 0 aliphatic carbocycles. The average molecular weight is 349 g/mol. The Balaban J connectivity index is 1.44. The highest BCUT2D eigenvalue weighted by molar-refractivity contribution is 5.89. The zero-order valence-corrected chi connectivity index (χ0v) is 14.9. The van der Waals surface area contributed by atoms with Crippen LogP contribution in [0.25, 0.3) is 11.0 Å². The van der Waals surface area contributed by atoms with Gasteiger partial charge in [0.1, 0.15) is 0 Å². The number of aryl methyl sites for hydroxylation is 1. The molecule has 1 saturated heterocycles. The summed E-state index contributed by atoms with van der Waals surface area (Å²) in [5.74, 6) is 0.997. The molecular weight excluding hydrogens is 326 g/mol. The first kappa shape index (κ1) is 16.4. The van der Waals surface area contributed by atoms with Crippen LogP contribution in [0.2, 0.25) is 0 Å². The van der Waals surface area contributed by atoms with Crippen LogP contribution in [0.3, 0.4) is 0 Å². The van der Waals surface area contributed by atoms with Crippen molar-refractivity contribution >= 4 is 28.7 Å². The number of benzene rings is 2. The van der Waals surface area contributed by atoms with E-state index in [2.05, 4.69) is 33.8 Å². The number of amides is 2. The number of nitrogens with one attached hydrogen (secondary N) is 1. The Bertz CT molecular complexity index is 897. The van der Waals surface area contributed by atoms with Crippen molar-refractivity contribution in [1.82, 2.24) is 14.5 Å². The van der Waals surface area contributed by atoms with Crippen LogP contribution in [0.1, 0.15) is 6.92 Å². The average Bonchev–Trinajstić information content (AvgIpc) is 3.07. The minimum absolute atomic E-state index is 0.0418. The Morgan fingerprint density at radius 2 is 1.69 bits per heavy atom. The zero-order chi connectivity index (χ0) is 17.9. The van der Waals surface area contributed by atoms with E-state index in [-0.39, 0.29) is 6.03 Å². The van der Waals surface area contributed by atoms with Crippen molar-refractivity contribution in [2.24, 2.45) is 0 Å². The number of carbonyl (C=O) groups excluding carboxylic acids is 1. The minimum Gasteiger partial charge on any atom is -0.339 e. The second-order valence-electron chi connectivity index (χ2n) is 6.42. The summed E-state index contributed by atoms with van der Waals surface area (Å²) in [5.41, 5.74) is 3.01. The fourth-order valence-electron chi connectivity index (χ4n) is 3.45. The molecule has 1 aromatic heterocycles. The predicted octanol–water partition coefficient (Wildman–Crippen LogP) is 3.41. The van der Waals surface area contributed by atoms with Crippen molar-refractivity contribution in [3.05, 3.63) is 54.6 Å². The summed E-state index contributed by atoms with van der Waals surface area (Å²) in [6.45, 7) is 5.96. The lowest BCUT2D eigenvalue weighted by Crippen LogP contribution is -2.50. The highest BCUT2D eigenvalue weighted by Crippen LogP contribution is 2.23. The normalized spacial score (nSPS) is 14.7. The van der Waals surface area contributed by atoms with Crippen molar-refractivity contribution in [2.75, 3.05) is 36.4 Å². The van der Waals surface area contributed by atoms with E-state index in [1.807, 2.05) is 47.4 Å². The van der Waals surface area contributed by atoms with Gasteiger partial charge in [-0.25, -0.2) is 9.78 Å². The number of hydrogen-bond donors (Lipinski definition) is 1. The van der Waals surface area contributed by atoms with E-state index in [0.29, 0.717) is 13.1 Å². The van der Waals surface area contributed by atoms with Crippen molar-refractivity contribution in [3.63, 3.8) is 0 Å². The third-order valence-corrected chi connectivity index (χ3v) is 4.83. The highest BCUT2D eigenvalue weighted by atomic mass is 16.2. The van der Waals surface area contributed by atoms with Crippen molar-refractivity contribution in [3.8, 4) is 0 Å². The number of fused-ring (bicyclic) bond motifs is 1. The van der Waals surface area contributed by atoms with Crippen LogP contribution in [-0.4, -0.2) is 46.7 Å². The molecule has 0 spiro atoms. The lowest BCUT2D eigenvalue weighted by Gasteiger charge is -2.35. The van der Waals surface area contributed by atoms with Gasteiger partial charge in [0.2, 0.25) is 5.95 Å². The van der Waals surface area contributed by atoms with Gasteiger partial charge in [-0.05, 0) is 31.2 Å². The monoisotopic (exact) mass is 349 g/mol. The van der Waals surface area contributed by atoms with Crippen LogP contribution < -0.4 is 10.2 Å². The van der Waals surface area contributed by atoms with Gasteiger partial charge < -0.3 is 19.7 Å². The number of piperazine rings is 1. The number of urea groups is 1. The summed E-state index contributed by atoms with van der Waals surface area (Å²) in [7, 11) is 0. The standard InChI is InChI=1S/C20H23N5O/c1-2-25-18-11-7-6-10-17(18)22-19(25)23-12-14-24(15-13-23)20(26)21-16-8-4-3-5-9-16/h3-11H,2,12-15H2,1H3,(H,21,26). The van der Waals surface area contributed by atoms with Gasteiger partial charge >= 0.3 is 6.03 Å². The number of hydrogen-bond acceptors (Lipinski definition) is 3. The molecule has 0 bridgehead atoms. The molecule has 0 radical (unpaired) electrons. The summed E-state index contributed by atoms with van der Waals surface area (Å²) in [5, 5.41) is 2.96. The number of para-hydroxylation sites is 3. The van der Waals surface area contributed by atoms with Crippen LogP contribution in [0.4, 0.5) is 16.4 Å². The molecule has 6 nitrogen and oxygen atoms in total. The smallest absolute Gasteiger partial charge is 0.321 e. The molecule has 1 aliphatic rings. The third-order valence-electron chi connectivity index (χ3n) is 4.83. The zero-order valence-electron chi connectivity index (χ0n) is 14.9. The van der Waals surface area contributed by atoms with Gasteiger partial charge in [-0.3, -0.25) is 0 Å². The molecule has 2 heterocycles. The van der Waals surface area contributed by atoms with Gasteiger partial charge in [-0.15, -0.1) is 0 Å². The van der Waals surface area contributed by atoms with Crippen LogP contribution in [0.15, 0.2) is 54.6 Å². The molecule has 1 fully saturated rings. The van der Waals surface area contributed by atoms with Gasteiger partial charge in [0.15, 0.2) is 0 Å². The number of carbonyl (C=O) groups is 1. The Labute approximate surface area is 153 Å². The summed E-state index contributed by atoms with van der Waals surface area (Å²) in [4.78, 5) is 21.4. The van der Waals surface area contributed by atoms with E-state index in [4.69, 9.17) is 4.98 Å². The molecule has 1 aliphatic heterocycles. The topological polar surface area (TPSA) is 53.4 Å². The highest BCUT2D eigenvalue weighted by Gasteiger charge is 2.24. The minimum atomic E-state index is -0.0418. The fourth-order valence-corrected chi connectivity index (χ4v) is 3.45. The van der Waals surface area contributed by atoms with E-state index < -0.39 is 0 Å². The van der Waals surface area contributed by atoms with E-state index >= 15 is 0 Å². The number of rotatable bonds is 3. The lowest BCUT2D eigenvalue weighted by atomic mass is 10.3. The molecule has 0 saturated carbocycles. The maximum Gasteiger partial charge on any atom is 0.321 e. The Hall–Kier alpha value is -3.02. The first-order valence-electron chi connectivity index (χ1n) is 9.07. The predicted molar refractivity (Wildman–Crippen MR) is 105 cm³/mol. The van der Waals surface area contributed by atoms with Crippen LogP contribution in [0, 0.1) is 0 Å². The molecule has 3 aromatic rings. The van der Waals surface area contributed by atoms with Gasteiger partial charge in [0.25, 0.3) is 0 Å². The number of aromatic nitrogens is 2. The van der Waals surface area contributed by atoms with Crippen molar-refractivity contribution in [2.45, 2.75) is 13.5 Å². The summed E-state index contributed by atoms with van der Waals surface area (Å²) < 4.78 is 2.25.